The molecule has 0 atom stereocenters. The van der Waals surface area contributed by atoms with Crippen LogP contribution in [0.3, 0.4) is 0 Å². The Morgan fingerprint density at radius 3 is 2.68 bits per heavy atom. The number of benzene rings is 2. The average molecular weight is 329 g/mol. The molecule has 25 heavy (non-hydrogen) atoms. The van der Waals surface area contributed by atoms with Crippen LogP contribution in [0.2, 0.25) is 0 Å². The van der Waals surface area contributed by atoms with E-state index in [-0.39, 0.29) is 5.69 Å². The van der Waals surface area contributed by atoms with Crippen molar-refractivity contribution in [2.75, 3.05) is 0 Å². The summed E-state index contributed by atoms with van der Waals surface area (Å²) in [4.78, 5) is 19.7. The molecular formula is C19H15N5O. The molecule has 0 bridgehead atoms. The number of para-hydroxylation sites is 2. The molecular weight excluding hydrogens is 314 g/mol. The second kappa shape index (κ2) is 5.49. The molecule has 0 aliphatic heterocycles. The molecule has 6 nitrogen and oxygen atoms in total. The summed E-state index contributed by atoms with van der Waals surface area (Å²) in [5.41, 5.74) is 4.59. The van der Waals surface area contributed by atoms with Crippen LogP contribution in [-0.2, 0) is 14.1 Å². The van der Waals surface area contributed by atoms with E-state index in [1.165, 1.54) is 0 Å². The Bertz CT molecular complexity index is 1210. The van der Waals surface area contributed by atoms with Gasteiger partial charge in [0.25, 0.3) is 0 Å². The Kier molecular flexibility index (Phi) is 3.29. The van der Waals surface area contributed by atoms with E-state index < -0.39 is 0 Å². The first-order valence-corrected chi connectivity index (χ1v) is 7.81. The Hall–Kier alpha value is -3.59. The lowest BCUT2D eigenvalue weighted by molar-refractivity contribution is 0.795. The molecule has 0 aliphatic rings. The van der Waals surface area contributed by atoms with E-state index in [9.17, 15) is 10.1 Å². The van der Waals surface area contributed by atoms with Crippen molar-refractivity contribution >= 4 is 33.7 Å². The van der Waals surface area contributed by atoms with Gasteiger partial charge in [0.15, 0.2) is 0 Å². The lowest BCUT2D eigenvalue weighted by Crippen LogP contribution is -2.19. The van der Waals surface area contributed by atoms with Gasteiger partial charge < -0.3 is 4.98 Å². The van der Waals surface area contributed by atoms with E-state index in [0.29, 0.717) is 11.4 Å². The third kappa shape index (κ3) is 2.34. The number of aromatic nitrogens is 4. The van der Waals surface area contributed by atoms with Crippen molar-refractivity contribution in [3.05, 3.63) is 64.3 Å². The van der Waals surface area contributed by atoms with E-state index in [0.717, 1.165) is 27.6 Å². The molecule has 0 radical (unpaired) electrons. The molecule has 0 saturated carbocycles. The Morgan fingerprint density at radius 2 is 1.92 bits per heavy atom. The van der Waals surface area contributed by atoms with Crippen LogP contribution < -0.4 is 5.69 Å². The molecule has 0 unspecified atom stereocenters. The number of imidazole rings is 2. The van der Waals surface area contributed by atoms with Crippen LogP contribution in [0.15, 0.2) is 47.3 Å². The minimum Gasteiger partial charge on any atom is -0.337 e. The van der Waals surface area contributed by atoms with Gasteiger partial charge in [-0.05, 0) is 35.9 Å². The van der Waals surface area contributed by atoms with Gasteiger partial charge in [-0.3, -0.25) is 9.13 Å². The van der Waals surface area contributed by atoms with Crippen LogP contribution >= 0.6 is 0 Å². The fourth-order valence-corrected chi connectivity index (χ4v) is 3.01. The molecule has 2 aromatic carbocycles. The summed E-state index contributed by atoms with van der Waals surface area (Å²) in [6.07, 6.45) is 1.77. The van der Waals surface area contributed by atoms with E-state index in [2.05, 4.69) is 16.0 Å². The summed E-state index contributed by atoms with van der Waals surface area (Å²) in [5.74, 6) is 0.533. The minimum absolute atomic E-state index is 0.0751. The molecule has 1 N–H and O–H groups in total. The van der Waals surface area contributed by atoms with Crippen LogP contribution in [0.1, 0.15) is 11.4 Å². The number of nitriles is 1. The van der Waals surface area contributed by atoms with Crippen molar-refractivity contribution < 1.29 is 0 Å². The molecule has 0 saturated heterocycles. The first kappa shape index (κ1) is 15.0. The lowest BCUT2D eigenvalue weighted by atomic mass is 10.1. The SMILES string of the molecule is Cn1c(=O)n(C)c2cc(C=C(C#N)c3nc4ccccc4[nH]3)ccc21. The van der Waals surface area contributed by atoms with Crippen LogP contribution in [-0.4, -0.2) is 19.1 Å². The number of hydrogen-bond donors (Lipinski definition) is 1. The minimum atomic E-state index is -0.0751. The van der Waals surface area contributed by atoms with Crippen LogP contribution in [0.25, 0.3) is 33.7 Å². The van der Waals surface area contributed by atoms with Gasteiger partial charge in [-0.1, -0.05) is 18.2 Å². The van der Waals surface area contributed by atoms with Crippen molar-refractivity contribution in [1.82, 2.24) is 19.1 Å². The number of aryl methyl sites for hydroxylation is 2. The number of hydrogen-bond acceptors (Lipinski definition) is 3. The fraction of sp³-hybridized carbons (Fsp3) is 0.105. The van der Waals surface area contributed by atoms with E-state index in [1.54, 1.807) is 29.3 Å². The molecule has 4 aromatic rings. The van der Waals surface area contributed by atoms with Crippen molar-refractivity contribution in [2.24, 2.45) is 14.1 Å². The zero-order valence-corrected chi connectivity index (χ0v) is 13.8. The molecule has 4 rings (SSSR count). The van der Waals surface area contributed by atoms with Gasteiger partial charge in [-0.25, -0.2) is 9.78 Å². The van der Waals surface area contributed by atoms with E-state index in [4.69, 9.17) is 0 Å². The Balaban J connectivity index is 1.85. The first-order valence-electron chi connectivity index (χ1n) is 7.81. The predicted molar refractivity (Wildman–Crippen MR) is 97.7 cm³/mol. The topological polar surface area (TPSA) is 79.4 Å². The Morgan fingerprint density at radius 1 is 1.16 bits per heavy atom. The lowest BCUT2D eigenvalue weighted by Gasteiger charge is -1.99. The second-order valence-corrected chi connectivity index (χ2v) is 5.92. The summed E-state index contributed by atoms with van der Waals surface area (Å²) in [6, 6.07) is 15.5. The highest BCUT2D eigenvalue weighted by molar-refractivity contribution is 5.91. The zero-order chi connectivity index (χ0) is 17.6. The van der Waals surface area contributed by atoms with Crippen LogP contribution in [0.4, 0.5) is 0 Å². The van der Waals surface area contributed by atoms with Crippen molar-refractivity contribution in [2.45, 2.75) is 0 Å². The highest BCUT2D eigenvalue weighted by Crippen LogP contribution is 2.21. The van der Waals surface area contributed by atoms with Gasteiger partial charge in [-0.15, -0.1) is 0 Å². The van der Waals surface area contributed by atoms with Crippen LogP contribution in [0, 0.1) is 11.3 Å². The van der Waals surface area contributed by atoms with Gasteiger partial charge in [0.05, 0.1) is 27.6 Å². The number of rotatable bonds is 2. The molecule has 122 valence electrons. The van der Waals surface area contributed by atoms with Crippen LogP contribution in [0.5, 0.6) is 0 Å². The van der Waals surface area contributed by atoms with Gasteiger partial charge in [0, 0.05) is 14.1 Å². The van der Waals surface area contributed by atoms with Gasteiger partial charge in [0.2, 0.25) is 0 Å². The highest BCUT2D eigenvalue weighted by Gasteiger charge is 2.10. The number of nitrogens with one attached hydrogen (secondary N) is 1. The maximum atomic E-state index is 12.0. The second-order valence-electron chi connectivity index (χ2n) is 5.92. The van der Waals surface area contributed by atoms with E-state index >= 15 is 0 Å². The maximum absolute atomic E-state index is 12.0. The zero-order valence-electron chi connectivity index (χ0n) is 13.8. The monoisotopic (exact) mass is 329 g/mol. The van der Waals surface area contributed by atoms with Crippen molar-refractivity contribution in [3.63, 3.8) is 0 Å². The molecule has 6 heteroatoms. The van der Waals surface area contributed by atoms with Gasteiger partial charge >= 0.3 is 5.69 Å². The number of allylic oxidation sites excluding steroid dienone is 1. The molecule has 0 amide bonds. The quantitative estimate of drug-likeness (QED) is 0.574. The third-order valence-corrected chi connectivity index (χ3v) is 4.37. The summed E-state index contributed by atoms with van der Waals surface area (Å²) in [7, 11) is 3.48. The molecule has 0 aliphatic carbocycles. The highest BCUT2D eigenvalue weighted by atomic mass is 16.1. The number of H-pyrrole nitrogens is 1. The summed E-state index contributed by atoms with van der Waals surface area (Å²) >= 11 is 0. The number of fused-ring (bicyclic) bond motifs is 2. The largest absolute Gasteiger partial charge is 0.337 e. The van der Waals surface area contributed by atoms with Crippen molar-refractivity contribution in [1.29, 1.82) is 5.26 Å². The summed E-state index contributed by atoms with van der Waals surface area (Å²) in [6.45, 7) is 0. The van der Waals surface area contributed by atoms with Gasteiger partial charge in [-0.2, -0.15) is 5.26 Å². The predicted octanol–water partition coefficient (Wildman–Crippen LogP) is 2.82. The van der Waals surface area contributed by atoms with Crippen molar-refractivity contribution in [3.8, 4) is 6.07 Å². The van der Waals surface area contributed by atoms with E-state index in [1.807, 2.05) is 42.5 Å². The van der Waals surface area contributed by atoms with Gasteiger partial charge in [0.1, 0.15) is 11.9 Å². The molecule has 0 spiro atoms. The molecule has 2 aromatic heterocycles. The number of aromatic amines is 1. The summed E-state index contributed by atoms with van der Waals surface area (Å²) < 4.78 is 3.20. The fourth-order valence-electron chi connectivity index (χ4n) is 3.01. The maximum Gasteiger partial charge on any atom is 0.328 e. The summed E-state index contributed by atoms with van der Waals surface area (Å²) in [5, 5.41) is 9.54. The third-order valence-electron chi connectivity index (χ3n) is 4.37. The number of nitrogens with zero attached hydrogens (tertiary/aromatic N) is 4. The smallest absolute Gasteiger partial charge is 0.328 e. The normalized spacial score (nSPS) is 12.0. The Labute approximate surface area is 143 Å². The first-order chi connectivity index (χ1) is 12.1. The standard InChI is InChI=1S/C19H15N5O/c1-23-16-8-7-12(10-17(16)24(2)19(23)25)9-13(11-20)18-21-14-5-3-4-6-15(14)22-18/h3-10H,1-2H3,(H,21,22). The molecule has 2 heterocycles. The molecule has 0 fully saturated rings. The average Bonchev–Trinajstić information content (AvgIpc) is 3.15.